The highest BCUT2D eigenvalue weighted by molar-refractivity contribution is 5.79. The summed E-state index contributed by atoms with van der Waals surface area (Å²) < 4.78 is 7.42. The van der Waals surface area contributed by atoms with Crippen LogP contribution >= 0.6 is 0 Å². The van der Waals surface area contributed by atoms with Gasteiger partial charge in [-0.15, -0.1) is 0 Å². The van der Waals surface area contributed by atoms with Crippen LogP contribution in [0.15, 0.2) is 35.6 Å². The van der Waals surface area contributed by atoms with E-state index in [1.807, 2.05) is 16.9 Å². The smallest absolute Gasteiger partial charge is 0.191 e. The Morgan fingerprint density at radius 1 is 1.24 bits per heavy atom. The average molecular weight is 343 g/mol. The first-order valence-corrected chi connectivity index (χ1v) is 8.77. The molecule has 2 aromatic rings. The second kappa shape index (κ2) is 9.71. The molecule has 0 spiro atoms. The average Bonchev–Trinajstić information content (AvgIpc) is 3.02. The molecule has 1 aromatic carbocycles. The normalized spacial score (nSPS) is 11.4. The number of methoxy groups -OCH3 is 1. The Morgan fingerprint density at radius 2 is 2.08 bits per heavy atom. The number of aryl methyl sites for hydroxylation is 3. The third-order valence-electron chi connectivity index (χ3n) is 3.81. The highest BCUT2D eigenvalue weighted by Crippen LogP contribution is 2.20. The number of nitrogens with one attached hydrogen (secondary N) is 2. The van der Waals surface area contributed by atoms with Crippen LogP contribution in [0.2, 0.25) is 0 Å². The second-order valence-corrected chi connectivity index (χ2v) is 6.07. The van der Waals surface area contributed by atoms with E-state index in [4.69, 9.17) is 4.74 Å². The molecular weight excluding hydrogens is 314 g/mol. The molecule has 0 fully saturated rings. The Kier molecular flexibility index (Phi) is 7.32. The van der Waals surface area contributed by atoms with Crippen LogP contribution < -0.4 is 15.4 Å². The molecule has 0 atom stereocenters. The Hall–Kier alpha value is -2.50. The lowest BCUT2D eigenvalue weighted by Crippen LogP contribution is -2.38. The summed E-state index contributed by atoms with van der Waals surface area (Å²) in [6.07, 6.45) is 4.93. The fraction of sp³-hybridized carbons (Fsp3) is 0.474. The van der Waals surface area contributed by atoms with E-state index < -0.39 is 0 Å². The van der Waals surface area contributed by atoms with Gasteiger partial charge in [0.1, 0.15) is 5.75 Å². The van der Waals surface area contributed by atoms with Gasteiger partial charge in [0.2, 0.25) is 0 Å². The van der Waals surface area contributed by atoms with Crippen molar-refractivity contribution in [2.75, 3.05) is 20.2 Å². The summed E-state index contributed by atoms with van der Waals surface area (Å²) >= 11 is 0. The maximum Gasteiger partial charge on any atom is 0.191 e. The number of hydrogen-bond acceptors (Lipinski definition) is 3. The summed E-state index contributed by atoms with van der Waals surface area (Å²) in [6, 6.07) is 6.19. The molecule has 0 saturated carbocycles. The molecule has 0 unspecified atom stereocenters. The number of rotatable bonds is 8. The molecule has 1 aromatic heterocycles. The van der Waals surface area contributed by atoms with Crippen molar-refractivity contribution < 1.29 is 4.74 Å². The first-order valence-electron chi connectivity index (χ1n) is 8.77. The predicted molar refractivity (Wildman–Crippen MR) is 102 cm³/mol. The predicted octanol–water partition coefficient (Wildman–Crippen LogP) is 2.65. The molecular formula is C19H29N5O. The van der Waals surface area contributed by atoms with E-state index in [2.05, 4.69) is 59.8 Å². The van der Waals surface area contributed by atoms with Crippen molar-refractivity contribution in [3.8, 4) is 5.75 Å². The maximum absolute atomic E-state index is 5.45. The minimum atomic E-state index is 0.580. The van der Waals surface area contributed by atoms with Gasteiger partial charge in [0.05, 0.1) is 19.9 Å². The van der Waals surface area contributed by atoms with Gasteiger partial charge < -0.3 is 15.4 Å². The van der Waals surface area contributed by atoms with Gasteiger partial charge in [-0.25, -0.2) is 4.99 Å². The molecule has 136 valence electrons. The summed E-state index contributed by atoms with van der Waals surface area (Å²) in [5.41, 5.74) is 3.45. The van der Waals surface area contributed by atoms with Gasteiger partial charge in [-0.3, -0.25) is 4.68 Å². The monoisotopic (exact) mass is 343 g/mol. The summed E-state index contributed by atoms with van der Waals surface area (Å²) in [5, 5.41) is 11.0. The standard InChI is InChI=1S/C19H29N5O/c1-5-20-19(21-9-6-10-24-14-16(3)12-23-24)22-13-17-8-7-15(2)11-18(17)25-4/h7-8,11-12,14H,5-6,9-10,13H2,1-4H3,(H2,20,21,22). The first kappa shape index (κ1) is 18.8. The number of ether oxygens (including phenoxy) is 1. The van der Waals surface area contributed by atoms with Gasteiger partial charge >= 0.3 is 0 Å². The number of aromatic nitrogens is 2. The van der Waals surface area contributed by atoms with Crippen LogP contribution in [0.1, 0.15) is 30.0 Å². The van der Waals surface area contributed by atoms with Crippen molar-refractivity contribution in [3.63, 3.8) is 0 Å². The highest BCUT2D eigenvalue weighted by atomic mass is 16.5. The van der Waals surface area contributed by atoms with Crippen molar-refractivity contribution in [2.45, 2.75) is 40.3 Å². The quantitative estimate of drug-likeness (QED) is 0.439. The summed E-state index contributed by atoms with van der Waals surface area (Å²) in [5.74, 6) is 1.70. The molecule has 0 aliphatic rings. The van der Waals surface area contributed by atoms with E-state index in [9.17, 15) is 0 Å². The summed E-state index contributed by atoms with van der Waals surface area (Å²) in [7, 11) is 1.70. The second-order valence-electron chi connectivity index (χ2n) is 6.07. The van der Waals surface area contributed by atoms with Gasteiger partial charge in [0.15, 0.2) is 5.96 Å². The molecule has 0 bridgehead atoms. The van der Waals surface area contributed by atoms with E-state index in [0.29, 0.717) is 6.54 Å². The summed E-state index contributed by atoms with van der Waals surface area (Å²) in [4.78, 5) is 4.66. The number of benzene rings is 1. The van der Waals surface area contributed by atoms with E-state index in [1.165, 1.54) is 11.1 Å². The Morgan fingerprint density at radius 3 is 2.76 bits per heavy atom. The number of guanidine groups is 1. The largest absolute Gasteiger partial charge is 0.496 e. The zero-order chi connectivity index (χ0) is 18.1. The number of hydrogen-bond donors (Lipinski definition) is 2. The first-order chi connectivity index (χ1) is 12.1. The van der Waals surface area contributed by atoms with Crippen LogP contribution in [0.4, 0.5) is 0 Å². The molecule has 0 radical (unpaired) electrons. The number of nitrogens with zero attached hydrogens (tertiary/aromatic N) is 3. The fourth-order valence-corrected chi connectivity index (χ4v) is 2.53. The maximum atomic E-state index is 5.45. The SMILES string of the molecule is CCNC(=NCc1ccc(C)cc1OC)NCCCn1cc(C)cn1. The van der Waals surface area contributed by atoms with Gasteiger partial charge in [-0.2, -0.15) is 5.10 Å². The minimum absolute atomic E-state index is 0.580. The number of aliphatic imine (C=N–C) groups is 1. The van der Waals surface area contributed by atoms with Gasteiger partial charge in [-0.05, 0) is 44.4 Å². The molecule has 0 aliphatic heterocycles. The third-order valence-corrected chi connectivity index (χ3v) is 3.81. The van der Waals surface area contributed by atoms with Crippen molar-refractivity contribution in [1.82, 2.24) is 20.4 Å². The van der Waals surface area contributed by atoms with Crippen molar-refractivity contribution in [1.29, 1.82) is 0 Å². The van der Waals surface area contributed by atoms with Crippen LogP contribution in [-0.4, -0.2) is 35.9 Å². The topological polar surface area (TPSA) is 63.5 Å². The van der Waals surface area contributed by atoms with Gasteiger partial charge in [0.25, 0.3) is 0 Å². The fourth-order valence-electron chi connectivity index (χ4n) is 2.53. The molecule has 1 heterocycles. The van der Waals surface area contributed by atoms with E-state index in [-0.39, 0.29) is 0 Å². The molecule has 2 rings (SSSR count). The molecule has 0 aliphatic carbocycles. The van der Waals surface area contributed by atoms with Gasteiger partial charge in [0, 0.05) is 31.4 Å². The summed E-state index contributed by atoms with van der Waals surface area (Å²) in [6.45, 7) is 9.32. The van der Waals surface area contributed by atoms with Crippen molar-refractivity contribution in [2.24, 2.45) is 4.99 Å². The van der Waals surface area contributed by atoms with Crippen LogP contribution in [0.25, 0.3) is 0 Å². The van der Waals surface area contributed by atoms with Gasteiger partial charge in [-0.1, -0.05) is 12.1 Å². The molecule has 0 saturated heterocycles. The lowest BCUT2D eigenvalue weighted by atomic mass is 10.1. The molecule has 25 heavy (non-hydrogen) atoms. The van der Waals surface area contributed by atoms with Crippen LogP contribution in [0, 0.1) is 13.8 Å². The van der Waals surface area contributed by atoms with Crippen LogP contribution in [0.3, 0.4) is 0 Å². The Labute approximate surface area is 150 Å². The lowest BCUT2D eigenvalue weighted by molar-refractivity contribution is 0.409. The lowest BCUT2D eigenvalue weighted by Gasteiger charge is -2.12. The van der Waals surface area contributed by atoms with Crippen LogP contribution in [0.5, 0.6) is 5.75 Å². The van der Waals surface area contributed by atoms with E-state index >= 15 is 0 Å². The highest BCUT2D eigenvalue weighted by Gasteiger charge is 2.04. The zero-order valence-corrected chi connectivity index (χ0v) is 15.7. The molecule has 2 N–H and O–H groups in total. The van der Waals surface area contributed by atoms with Crippen molar-refractivity contribution >= 4 is 5.96 Å². The Bertz CT molecular complexity index is 693. The van der Waals surface area contributed by atoms with E-state index in [0.717, 1.165) is 43.3 Å². The third kappa shape index (κ3) is 6.14. The Balaban J connectivity index is 1.87. The van der Waals surface area contributed by atoms with Crippen molar-refractivity contribution in [3.05, 3.63) is 47.3 Å². The minimum Gasteiger partial charge on any atom is -0.496 e. The van der Waals surface area contributed by atoms with E-state index in [1.54, 1.807) is 7.11 Å². The zero-order valence-electron chi connectivity index (χ0n) is 15.7. The molecule has 6 heteroatoms. The van der Waals surface area contributed by atoms with Crippen LogP contribution in [-0.2, 0) is 13.1 Å². The molecule has 6 nitrogen and oxygen atoms in total. The molecule has 0 amide bonds.